The standard InChI is InChI=1S/C15H16N4O.C2H6.H2/c20-14(12-4-2-1-3-5-12)13-10-17-15(18-11-13)19-8-6-16-7-9-19;1-2;/h1-5,10-11,16H,6-9H2;1-2H3;1H. The Kier molecular flexibility index (Phi) is 6.03. The topological polar surface area (TPSA) is 58.1 Å². The Balaban J connectivity index is 0.000000849. The van der Waals surface area contributed by atoms with Crippen LogP contribution in [0.1, 0.15) is 31.2 Å². The number of benzene rings is 1. The van der Waals surface area contributed by atoms with Gasteiger partial charge in [0, 0.05) is 45.6 Å². The molecule has 0 atom stereocenters. The average Bonchev–Trinajstić information content (AvgIpc) is 2.64. The molecule has 0 radical (unpaired) electrons. The van der Waals surface area contributed by atoms with Gasteiger partial charge in [0.25, 0.3) is 0 Å². The zero-order chi connectivity index (χ0) is 15.8. The highest BCUT2D eigenvalue weighted by molar-refractivity contribution is 6.08. The molecule has 0 aliphatic carbocycles. The summed E-state index contributed by atoms with van der Waals surface area (Å²) in [5.74, 6) is 0.647. The molecule has 1 aliphatic heterocycles. The minimum Gasteiger partial charge on any atom is -0.338 e. The summed E-state index contributed by atoms with van der Waals surface area (Å²) < 4.78 is 0. The van der Waals surface area contributed by atoms with Gasteiger partial charge in [-0.3, -0.25) is 4.79 Å². The number of rotatable bonds is 3. The van der Waals surface area contributed by atoms with Gasteiger partial charge >= 0.3 is 0 Å². The molecule has 5 heteroatoms. The van der Waals surface area contributed by atoms with E-state index in [1.807, 2.05) is 32.0 Å². The SMILES string of the molecule is CC.O=C(c1ccccc1)c1cnc(N2CCNCC2)nc1.[HH]. The number of hydrogen-bond acceptors (Lipinski definition) is 5. The second-order valence-electron chi connectivity index (χ2n) is 4.70. The van der Waals surface area contributed by atoms with Gasteiger partial charge in [-0.15, -0.1) is 0 Å². The van der Waals surface area contributed by atoms with Crippen LogP contribution in [0.2, 0.25) is 0 Å². The molecule has 1 aliphatic rings. The van der Waals surface area contributed by atoms with E-state index < -0.39 is 0 Å². The number of carbonyl (C=O) groups is 1. The highest BCUT2D eigenvalue weighted by Gasteiger charge is 2.14. The fourth-order valence-corrected chi connectivity index (χ4v) is 2.22. The molecule has 5 nitrogen and oxygen atoms in total. The van der Waals surface area contributed by atoms with Gasteiger partial charge in [0.1, 0.15) is 0 Å². The minimum atomic E-state index is -0.0440. The summed E-state index contributed by atoms with van der Waals surface area (Å²) in [5, 5.41) is 3.28. The molecule has 2 aromatic rings. The van der Waals surface area contributed by atoms with Crippen LogP contribution >= 0.6 is 0 Å². The third-order valence-electron chi connectivity index (χ3n) is 3.34. The fraction of sp³-hybridized carbons (Fsp3) is 0.353. The lowest BCUT2D eigenvalue weighted by atomic mass is 10.1. The molecule has 22 heavy (non-hydrogen) atoms. The average molecular weight is 300 g/mol. The van der Waals surface area contributed by atoms with Crippen molar-refractivity contribution in [2.45, 2.75) is 13.8 Å². The Labute approximate surface area is 132 Å². The van der Waals surface area contributed by atoms with Crippen LogP contribution in [0.3, 0.4) is 0 Å². The summed E-state index contributed by atoms with van der Waals surface area (Å²) in [7, 11) is 0. The first-order valence-corrected chi connectivity index (χ1v) is 7.72. The lowest BCUT2D eigenvalue weighted by Gasteiger charge is -2.27. The van der Waals surface area contributed by atoms with Crippen molar-refractivity contribution in [2.24, 2.45) is 0 Å². The number of piperazine rings is 1. The third-order valence-corrected chi connectivity index (χ3v) is 3.34. The molecule has 0 amide bonds. The van der Waals surface area contributed by atoms with E-state index in [0.717, 1.165) is 26.2 Å². The van der Waals surface area contributed by atoms with Gasteiger partial charge < -0.3 is 10.2 Å². The number of anilines is 1. The van der Waals surface area contributed by atoms with Crippen molar-refractivity contribution in [1.82, 2.24) is 15.3 Å². The molecule has 1 aromatic carbocycles. The fourth-order valence-electron chi connectivity index (χ4n) is 2.22. The molecule has 1 aromatic heterocycles. The van der Waals surface area contributed by atoms with Gasteiger partial charge in [0.2, 0.25) is 5.95 Å². The van der Waals surface area contributed by atoms with Crippen molar-refractivity contribution in [2.75, 3.05) is 31.1 Å². The van der Waals surface area contributed by atoms with Gasteiger partial charge in [0.05, 0.1) is 5.56 Å². The normalized spacial score (nSPS) is 14.0. The summed E-state index contributed by atoms with van der Waals surface area (Å²) in [6.45, 7) is 7.67. The minimum absolute atomic E-state index is 0. The van der Waals surface area contributed by atoms with Crippen LogP contribution in [0.25, 0.3) is 0 Å². The Bertz CT molecular complexity index is 583. The first-order chi connectivity index (χ1) is 10.8. The quantitative estimate of drug-likeness (QED) is 0.882. The van der Waals surface area contributed by atoms with E-state index in [1.54, 1.807) is 24.5 Å². The number of nitrogens with one attached hydrogen (secondary N) is 1. The monoisotopic (exact) mass is 300 g/mol. The van der Waals surface area contributed by atoms with Crippen LogP contribution in [-0.2, 0) is 0 Å². The van der Waals surface area contributed by atoms with Crippen LogP contribution in [0.5, 0.6) is 0 Å². The van der Waals surface area contributed by atoms with E-state index in [9.17, 15) is 4.79 Å². The molecule has 0 bridgehead atoms. The molecule has 0 saturated carbocycles. The summed E-state index contributed by atoms with van der Waals surface area (Å²) in [6.07, 6.45) is 3.22. The Hall–Kier alpha value is -2.27. The zero-order valence-electron chi connectivity index (χ0n) is 13.1. The maximum Gasteiger partial charge on any atom is 0.225 e. The Morgan fingerprint density at radius 2 is 1.64 bits per heavy atom. The van der Waals surface area contributed by atoms with Crippen molar-refractivity contribution in [3.63, 3.8) is 0 Å². The van der Waals surface area contributed by atoms with E-state index in [2.05, 4.69) is 20.2 Å². The van der Waals surface area contributed by atoms with Crippen LogP contribution < -0.4 is 10.2 Å². The maximum absolute atomic E-state index is 12.2. The Morgan fingerprint density at radius 3 is 2.23 bits per heavy atom. The van der Waals surface area contributed by atoms with Crippen LogP contribution in [0.15, 0.2) is 42.7 Å². The van der Waals surface area contributed by atoms with Gasteiger partial charge in [-0.25, -0.2) is 9.97 Å². The number of hydrogen-bond donors (Lipinski definition) is 1. The molecule has 118 valence electrons. The summed E-state index contributed by atoms with van der Waals surface area (Å²) in [4.78, 5) is 23.0. The molecule has 0 spiro atoms. The lowest BCUT2D eigenvalue weighted by Crippen LogP contribution is -2.44. The first-order valence-electron chi connectivity index (χ1n) is 7.72. The number of ketones is 1. The highest BCUT2D eigenvalue weighted by Crippen LogP contribution is 2.11. The van der Waals surface area contributed by atoms with Crippen LogP contribution in [0.4, 0.5) is 5.95 Å². The second kappa shape index (κ2) is 8.24. The molecule has 2 heterocycles. The highest BCUT2D eigenvalue weighted by atomic mass is 16.1. The van der Waals surface area contributed by atoms with Crippen molar-refractivity contribution in [3.05, 3.63) is 53.9 Å². The van der Waals surface area contributed by atoms with Crippen LogP contribution in [-0.4, -0.2) is 41.9 Å². The zero-order valence-corrected chi connectivity index (χ0v) is 13.1. The number of nitrogens with zero attached hydrogens (tertiary/aromatic N) is 3. The van der Waals surface area contributed by atoms with Gasteiger partial charge in [-0.2, -0.15) is 0 Å². The lowest BCUT2D eigenvalue weighted by molar-refractivity contribution is 0.103. The van der Waals surface area contributed by atoms with Gasteiger partial charge in [0.15, 0.2) is 5.78 Å². The molecule has 3 rings (SSSR count). The largest absolute Gasteiger partial charge is 0.338 e. The van der Waals surface area contributed by atoms with Crippen molar-refractivity contribution < 1.29 is 6.22 Å². The van der Waals surface area contributed by atoms with E-state index in [4.69, 9.17) is 0 Å². The van der Waals surface area contributed by atoms with E-state index >= 15 is 0 Å². The third kappa shape index (κ3) is 3.89. The summed E-state index contributed by atoms with van der Waals surface area (Å²) >= 11 is 0. The van der Waals surface area contributed by atoms with Gasteiger partial charge in [-0.1, -0.05) is 44.2 Å². The molecular formula is C17H24N4O. The van der Waals surface area contributed by atoms with Crippen molar-refractivity contribution in [1.29, 1.82) is 0 Å². The van der Waals surface area contributed by atoms with Gasteiger partial charge in [-0.05, 0) is 0 Å². The molecule has 1 N–H and O–H groups in total. The molecule has 0 unspecified atom stereocenters. The van der Waals surface area contributed by atoms with E-state index in [-0.39, 0.29) is 7.21 Å². The predicted octanol–water partition coefficient (Wildman–Crippen LogP) is 2.39. The summed E-state index contributed by atoms with van der Waals surface area (Å²) in [6, 6.07) is 9.19. The van der Waals surface area contributed by atoms with E-state index in [0.29, 0.717) is 17.1 Å². The molecule has 1 saturated heterocycles. The van der Waals surface area contributed by atoms with E-state index in [1.165, 1.54) is 0 Å². The molecule has 1 fully saturated rings. The number of aromatic nitrogens is 2. The second-order valence-corrected chi connectivity index (χ2v) is 4.70. The van der Waals surface area contributed by atoms with Crippen molar-refractivity contribution in [3.8, 4) is 0 Å². The maximum atomic E-state index is 12.2. The summed E-state index contributed by atoms with van der Waals surface area (Å²) in [5.41, 5.74) is 1.18. The number of carbonyl (C=O) groups excluding carboxylic acids is 1. The molecular weight excluding hydrogens is 276 g/mol. The predicted molar refractivity (Wildman–Crippen MR) is 90.5 cm³/mol. The Morgan fingerprint density at radius 1 is 1.05 bits per heavy atom. The smallest absolute Gasteiger partial charge is 0.225 e. The van der Waals surface area contributed by atoms with Crippen LogP contribution in [0, 0.1) is 0 Å². The first kappa shape index (κ1) is 16.1. The van der Waals surface area contributed by atoms with Crippen molar-refractivity contribution >= 4 is 11.7 Å².